The highest BCUT2D eigenvalue weighted by molar-refractivity contribution is 7.47. The van der Waals surface area contributed by atoms with E-state index in [4.69, 9.17) is 37.0 Å². The van der Waals surface area contributed by atoms with Crippen LogP contribution in [0.25, 0.3) is 0 Å². The van der Waals surface area contributed by atoms with E-state index < -0.39 is 97.5 Å². The standard InChI is InChI=1S/C67H130O17P2/c1-8-11-12-13-14-19-26-34-41-48-64(69)77-55-63(84-67(72)51-44-37-30-29-31-38-45-58(4)5)57-82-86(75,76)80-53-61(68)52-79-85(73,74)81-56-62(83-66(71)50-43-36-28-23-18-16-21-25-33-40-47-60(7)10-3)54-78-65(70)49-42-35-27-22-17-15-20-24-32-39-46-59(6)9-2/h58-63,68H,8-57H2,1-7H3,(H,73,74)(H,75,76)/t59?,60?,61-,62-,63-/m1/s1. The first-order chi connectivity index (χ1) is 41.3. The topological polar surface area (TPSA) is 237 Å². The third kappa shape index (κ3) is 58.4. The normalized spacial score (nSPS) is 14.9. The lowest BCUT2D eigenvalue weighted by Crippen LogP contribution is -2.30. The van der Waals surface area contributed by atoms with Gasteiger partial charge in [0.05, 0.1) is 26.4 Å². The van der Waals surface area contributed by atoms with Gasteiger partial charge in [0.25, 0.3) is 0 Å². The molecule has 0 aromatic carbocycles. The van der Waals surface area contributed by atoms with Crippen molar-refractivity contribution in [1.82, 2.24) is 0 Å². The number of carbonyl (C=O) groups excluding carboxylic acids is 4. The van der Waals surface area contributed by atoms with Crippen LogP contribution in [-0.2, 0) is 65.4 Å². The van der Waals surface area contributed by atoms with E-state index in [1.807, 2.05) is 0 Å². The zero-order chi connectivity index (χ0) is 63.8. The number of hydrogen-bond acceptors (Lipinski definition) is 15. The minimum absolute atomic E-state index is 0.102. The van der Waals surface area contributed by atoms with Crippen molar-refractivity contribution >= 4 is 39.5 Å². The van der Waals surface area contributed by atoms with E-state index in [0.717, 1.165) is 102 Å². The van der Waals surface area contributed by atoms with E-state index >= 15 is 0 Å². The van der Waals surface area contributed by atoms with Gasteiger partial charge in [0.15, 0.2) is 12.2 Å². The number of phosphoric acid groups is 2. The van der Waals surface area contributed by atoms with Crippen molar-refractivity contribution in [3.63, 3.8) is 0 Å². The Morgan fingerprint density at radius 2 is 0.593 bits per heavy atom. The molecule has 4 unspecified atom stereocenters. The number of esters is 4. The minimum Gasteiger partial charge on any atom is -0.462 e. The zero-order valence-electron chi connectivity index (χ0n) is 55.8. The lowest BCUT2D eigenvalue weighted by molar-refractivity contribution is -0.161. The molecule has 0 bridgehead atoms. The number of unbranched alkanes of at least 4 members (excludes halogenated alkanes) is 31. The molecule has 17 nitrogen and oxygen atoms in total. The van der Waals surface area contributed by atoms with Gasteiger partial charge in [-0.15, -0.1) is 0 Å². The summed E-state index contributed by atoms with van der Waals surface area (Å²) in [5, 5.41) is 10.6. The fourth-order valence-electron chi connectivity index (χ4n) is 9.95. The number of phosphoric ester groups is 2. The quantitative estimate of drug-likeness (QED) is 0.0222. The summed E-state index contributed by atoms with van der Waals surface area (Å²) in [5.74, 6) is 0.146. The molecule has 0 heterocycles. The number of aliphatic hydroxyl groups excluding tert-OH is 1. The maximum Gasteiger partial charge on any atom is 0.472 e. The average Bonchev–Trinajstić information content (AvgIpc) is 3.69. The van der Waals surface area contributed by atoms with E-state index in [-0.39, 0.29) is 25.7 Å². The Morgan fingerprint density at radius 3 is 0.884 bits per heavy atom. The van der Waals surface area contributed by atoms with Gasteiger partial charge in [0.1, 0.15) is 19.3 Å². The molecule has 0 radical (unpaired) electrons. The van der Waals surface area contributed by atoms with E-state index in [9.17, 15) is 43.2 Å². The largest absolute Gasteiger partial charge is 0.472 e. The molecule has 0 saturated heterocycles. The summed E-state index contributed by atoms with van der Waals surface area (Å²) in [7, 11) is -9.89. The second-order valence-corrected chi connectivity index (χ2v) is 28.1. The summed E-state index contributed by atoms with van der Waals surface area (Å²) >= 11 is 0. The van der Waals surface area contributed by atoms with Crippen molar-refractivity contribution in [3.8, 4) is 0 Å². The van der Waals surface area contributed by atoms with Gasteiger partial charge >= 0.3 is 39.5 Å². The van der Waals surface area contributed by atoms with Gasteiger partial charge in [-0.2, -0.15) is 0 Å². The fraction of sp³-hybridized carbons (Fsp3) is 0.940. The van der Waals surface area contributed by atoms with Gasteiger partial charge in [0, 0.05) is 25.7 Å². The fourth-order valence-corrected chi connectivity index (χ4v) is 11.5. The van der Waals surface area contributed by atoms with Crippen LogP contribution in [0.2, 0.25) is 0 Å². The van der Waals surface area contributed by atoms with Gasteiger partial charge in [-0.3, -0.25) is 37.3 Å². The smallest absolute Gasteiger partial charge is 0.462 e. The summed E-state index contributed by atoms with van der Waals surface area (Å²) in [6, 6.07) is 0. The Morgan fingerprint density at radius 1 is 0.337 bits per heavy atom. The molecule has 7 atom stereocenters. The third-order valence-corrected chi connectivity index (χ3v) is 18.0. The van der Waals surface area contributed by atoms with Crippen LogP contribution in [0, 0.1) is 17.8 Å². The maximum atomic E-state index is 13.0. The molecular formula is C67H130O17P2. The number of aliphatic hydroxyl groups is 1. The van der Waals surface area contributed by atoms with E-state index in [1.54, 1.807) is 0 Å². The monoisotopic (exact) mass is 1270 g/mol. The van der Waals surface area contributed by atoms with E-state index in [2.05, 4.69) is 48.5 Å². The van der Waals surface area contributed by atoms with Crippen LogP contribution in [0.4, 0.5) is 0 Å². The Bertz CT molecular complexity index is 1700. The summed E-state index contributed by atoms with van der Waals surface area (Å²) in [4.78, 5) is 72.3. The van der Waals surface area contributed by atoms with Crippen molar-refractivity contribution in [1.29, 1.82) is 0 Å². The second-order valence-electron chi connectivity index (χ2n) is 25.2. The first kappa shape index (κ1) is 84.1. The van der Waals surface area contributed by atoms with Gasteiger partial charge in [-0.05, 0) is 43.4 Å². The molecule has 0 rings (SSSR count). The minimum atomic E-state index is -4.95. The maximum absolute atomic E-state index is 13.0. The van der Waals surface area contributed by atoms with Gasteiger partial charge in [-0.1, -0.05) is 280 Å². The molecule has 0 aliphatic rings. The van der Waals surface area contributed by atoms with Crippen LogP contribution >= 0.6 is 15.6 Å². The molecule has 0 aliphatic carbocycles. The highest BCUT2D eigenvalue weighted by atomic mass is 31.2. The molecule has 510 valence electrons. The summed E-state index contributed by atoms with van der Waals surface area (Å²) in [5.41, 5.74) is 0. The first-order valence-corrected chi connectivity index (χ1v) is 37.9. The van der Waals surface area contributed by atoms with Crippen molar-refractivity contribution in [2.24, 2.45) is 17.8 Å². The molecule has 0 aromatic heterocycles. The van der Waals surface area contributed by atoms with Crippen LogP contribution in [-0.4, -0.2) is 96.7 Å². The van der Waals surface area contributed by atoms with Gasteiger partial charge in [0.2, 0.25) is 0 Å². The molecule has 0 saturated carbocycles. The number of rotatable bonds is 65. The highest BCUT2D eigenvalue weighted by Crippen LogP contribution is 2.45. The van der Waals surface area contributed by atoms with Crippen LogP contribution < -0.4 is 0 Å². The van der Waals surface area contributed by atoms with E-state index in [1.165, 1.54) is 141 Å². The highest BCUT2D eigenvalue weighted by Gasteiger charge is 2.30. The van der Waals surface area contributed by atoms with Gasteiger partial charge < -0.3 is 33.8 Å². The van der Waals surface area contributed by atoms with Crippen molar-refractivity contribution in [2.75, 3.05) is 39.6 Å². The third-order valence-electron chi connectivity index (χ3n) is 16.1. The SMILES string of the molecule is CCCCCCCCCCCC(=O)OC[C@H](COP(=O)(O)OC[C@H](O)COP(=O)(O)OC[C@@H](COC(=O)CCCCCCCCCCCCC(C)CC)OC(=O)CCCCCCCCCCCCC(C)CC)OC(=O)CCCCCCCCC(C)C. The van der Waals surface area contributed by atoms with Crippen molar-refractivity contribution in [2.45, 2.75) is 349 Å². The Balaban J connectivity index is 5.24. The summed E-state index contributed by atoms with van der Waals surface area (Å²) < 4.78 is 68.1. The van der Waals surface area contributed by atoms with Crippen LogP contribution in [0.15, 0.2) is 0 Å². The average molecular weight is 1270 g/mol. The molecule has 86 heavy (non-hydrogen) atoms. The molecule has 0 spiro atoms. The molecule has 0 amide bonds. The lowest BCUT2D eigenvalue weighted by atomic mass is 9.99. The summed E-state index contributed by atoms with van der Waals surface area (Å²) in [6.45, 7) is 11.8. The summed E-state index contributed by atoms with van der Waals surface area (Å²) in [6.07, 6.45) is 40.3. The molecular weight excluding hydrogens is 1140 g/mol. The van der Waals surface area contributed by atoms with E-state index in [0.29, 0.717) is 31.6 Å². The van der Waals surface area contributed by atoms with Crippen LogP contribution in [0.5, 0.6) is 0 Å². The molecule has 0 fully saturated rings. The molecule has 0 aromatic rings. The first-order valence-electron chi connectivity index (χ1n) is 34.9. The van der Waals surface area contributed by atoms with Crippen LogP contribution in [0.3, 0.4) is 0 Å². The van der Waals surface area contributed by atoms with Gasteiger partial charge in [-0.25, -0.2) is 9.13 Å². The second kappa shape index (κ2) is 58.2. The number of ether oxygens (including phenoxy) is 4. The zero-order valence-corrected chi connectivity index (χ0v) is 57.6. The lowest BCUT2D eigenvalue weighted by Gasteiger charge is -2.21. The number of hydrogen-bond donors (Lipinski definition) is 3. The Kier molecular flexibility index (Phi) is 56.9. The predicted molar refractivity (Wildman–Crippen MR) is 344 cm³/mol. The predicted octanol–water partition coefficient (Wildman–Crippen LogP) is 18.7. The molecule has 19 heteroatoms. The molecule has 0 aliphatic heterocycles. The number of carbonyl (C=O) groups is 4. The Labute approximate surface area is 524 Å². The van der Waals surface area contributed by atoms with Crippen molar-refractivity contribution in [3.05, 3.63) is 0 Å². The molecule has 3 N–H and O–H groups in total. The Hall–Kier alpha value is -1.94. The van der Waals surface area contributed by atoms with Crippen molar-refractivity contribution < 1.29 is 80.2 Å². The van der Waals surface area contributed by atoms with Crippen LogP contribution in [0.1, 0.15) is 331 Å².